The fourth-order valence-corrected chi connectivity index (χ4v) is 2.86. The standard InChI is InChI=1S/C16H20N4/c1-10-15(17)18-11(2)19-16(10)20-14-9-5-7-12-6-3-4-8-13(12)14/h3-4,6,8,14H,5,7,9H2,1-2H3,(H3,17,18,19,20). The fourth-order valence-electron chi connectivity index (χ4n) is 2.86. The Hall–Kier alpha value is -2.10. The van der Waals surface area contributed by atoms with Crippen molar-refractivity contribution in [1.82, 2.24) is 9.97 Å². The van der Waals surface area contributed by atoms with E-state index in [9.17, 15) is 0 Å². The van der Waals surface area contributed by atoms with E-state index in [4.69, 9.17) is 5.73 Å². The maximum atomic E-state index is 5.93. The molecule has 0 aliphatic heterocycles. The molecule has 2 aromatic rings. The van der Waals surface area contributed by atoms with E-state index < -0.39 is 0 Å². The molecular formula is C16H20N4. The Morgan fingerprint density at radius 1 is 1.20 bits per heavy atom. The van der Waals surface area contributed by atoms with Crippen molar-refractivity contribution in [2.24, 2.45) is 0 Å². The van der Waals surface area contributed by atoms with Gasteiger partial charge in [-0.15, -0.1) is 0 Å². The highest BCUT2D eigenvalue weighted by Crippen LogP contribution is 2.33. The first-order chi connectivity index (χ1) is 9.65. The lowest BCUT2D eigenvalue weighted by Gasteiger charge is -2.27. The topological polar surface area (TPSA) is 63.8 Å². The lowest BCUT2D eigenvalue weighted by Crippen LogP contribution is -2.19. The lowest BCUT2D eigenvalue weighted by atomic mass is 9.87. The number of benzene rings is 1. The fraction of sp³-hybridized carbons (Fsp3) is 0.375. The zero-order valence-corrected chi connectivity index (χ0v) is 12.0. The van der Waals surface area contributed by atoms with Gasteiger partial charge < -0.3 is 11.1 Å². The normalized spacial score (nSPS) is 17.6. The van der Waals surface area contributed by atoms with Gasteiger partial charge in [-0.1, -0.05) is 24.3 Å². The SMILES string of the molecule is Cc1nc(N)c(C)c(NC2CCCc3ccccc32)n1. The molecular weight excluding hydrogens is 248 g/mol. The van der Waals surface area contributed by atoms with Crippen molar-refractivity contribution < 1.29 is 0 Å². The average molecular weight is 268 g/mol. The molecule has 0 radical (unpaired) electrons. The molecule has 0 fully saturated rings. The second kappa shape index (κ2) is 5.12. The quantitative estimate of drug-likeness (QED) is 0.878. The van der Waals surface area contributed by atoms with Gasteiger partial charge in [-0.2, -0.15) is 0 Å². The minimum Gasteiger partial charge on any atom is -0.383 e. The van der Waals surface area contributed by atoms with Crippen LogP contribution in [0.3, 0.4) is 0 Å². The predicted octanol–water partition coefficient (Wildman–Crippen LogP) is 3.17. The van der Waals surface area contributed by atoms with Crippen LogP contribution in [0, 0.1) is 13.8 Å². The van der Waals surface area contributed by atoms with Crippen molar-refractivity contribution in [1.29, 1.82) is 0 Å². The van der Waals surface area contributed by atoms with Crippen LogP contribution in [0.15, 0.2) is 24.3 Å². The number of fused-ring (bicyclic) bond motifs is 1. The van der Waals surface area contributed by atoms with Gasteiger partial charge >= 0.3 is 0 Å². The summed E-state index contributed by atoms with van der Waals surface area (Å²) in [5, 5.41) is 3.56. The number of aromatic nitrogens is 2. The molecule has 0 amide bonds. The van der Waals surface area contributed by atoms with Gasteiger partial charge in [-0.3, -0.25) is 0 Å². The van der Waals surface area contributed by atoms with Gasteiger partial charge in [-0.25, -0.2) is 9.97 Å². The largest absolute Gasteiger partial charge is 0.383 e. The summed E-state index contributed by atoms with van der Waals surface area (Å²) in [4.78, 5) is 8.70. The number of hydrogen-bond acceptors (Lipinski definition) is 4. The van der Waals surface area contributed by atoms with Crippen LogP contribution in [0.1, 0.15) is 41.4 Å². The molecule has 20 heavy (non-hydrogen) atoms. The molecule has 1 heterocycles. The molecule has 1 aromatic carbocycles. The number of nitrogens with one attached hydrogen (secondary N) is 1. The zero-order chi connectivity index (χ0) is 14.1. The molecule has 0 spiro atoms. The van der Waals surface area contributed by atoms with E-state index in [2.05, 4.69) is 39.6 Å². The summed E-state index contributed by atoms with van der Waals surface area (Å²) in [5.41, 5.74) is 9.68. The second-order valence-electron chi connectivity index (χ2n) is 5.42. The Balaban J connectivity index is 1.93. The third-order valence-corrected chi connectivity index (χ3v) is 3.98. The lowest BCUT2D eigenvalue weighted by molar-refractivity contribution is 0.598. The van der Waals surface area contributed by atoms with Crippen molar-refractivity contribution in [3.05, 3.63) is 46.8 Å². The number of nitrogens with two attached hydrogens (primary N) is 1. The van der Waals surface area contributed by atoms with Crippen molar-refractivity contribution in [3.8, 4) is 0 Å². The van der Waals surface area contributed by atoms with Gasteiger partial charge in [0.2, 0.25) is 0 Å². The molecule has 1 aliphatic carbocycles. The first-order valence-electron chi connectivity index (χ1n) is 7.10. The molecule has 1 unspecified atom stereocenters. The predicted molar refractivity (Wildman–Crippen MR) is 81.7 cm³/mol. The molecule has 0 saturated carbocycles. The van der Waals surface area contributed by atoms with Crippen LogP contribution in [-0.2, 0) is 6.42 Å². The van der Waals surface area contributed by atoms with E-state index in [1.807, 2.05) is 13.8 Å². The highest BCUT2D eigenvalue weighted by Gasteiger charge is 2.21. The number of aryl methyl sites for hydroxylation is 2. The Morgan fingerprint density at radius 3 is 2.85 bits per heavy atom. The van der Waals surface area contributed by atoms with Gasteiger partial charge in [0.05, 0.1) is 6.04 Å². The maximum absolute atomic E-state index is 5.93. The third kappa shape index (κ3) is 2.33. The van der Waals surface area contributed by atoms with Crippen LogP contribution >= 0.6 is 0 Å². The molecule has 0 saturated heterocycles. The monoisotopic (exact) mass is 268 g/mol. The molecule has 4 heteroatoms. The van der Waals surface area contributed by atoms with Crippen molar-refractivity contribution in [3.63, 3.8) is 0 Å². The van der Waals surface area contributed by atoms with Gasteiger partial charge in [0.1, 0.15) is 17.5 Å². The third-order valence-electron chi connectivity index (χ3n) is 3.98. The number of nitrogen functional groups attached to an aromatic ring is 1. The van der Waals surface area contributed by atoms with Gasteiger partial charge in [0.15, 0.2) is 0 Å². The van der Waals surface area contributed by atoms with Gasteiger partial charge in [-0.05, 0) is 44.2 Å². The van der Waals surface area contributed by atoms with Crippen molar-refractivity contribution >= 4 is 11.6 Å². The first kappa shape index (κ1) is 12.9. The highest BCUT2D eigenvalue weighted by molar-refractivity contribution is 5.56. The Bertz CT molecular complexity index is 636. The van der Waals surface area contributed by atoms with Crippen molar-refractivity contribution in [2.75, 3.05) is 11.1 Å². The summed E-state index contributed by atoms with van der Waals surface area (Å²) in [6, 6.07) is 8.95. The number of nitrogens with zero attached hydrogens (tertiary/aromatic N) is 2. The Morgan fingerprint density at radius 2 is 2.00 bits per heavy atom. The molecule has 3 N–H and O–H groups in total. The van der Waals surface area contributed by atoms with Crippen LogP contribution in [0.4, 0.5) is 11.6 Å². The molecule has 3 rings (SSSR count). The smallest absolute Gasteiger partial charge is 0.135 e. The van der Waals surface area contributed by atoms with E-state index in [0.717, 1.165) is 24.2 Å². The first-order valence-corrected chi connectivity index (χ1v) is 7.10. The second-order valence-corrected chi connectivity index (χ2v) is 5.42. The van der Waals surface area contributed by atoms with E-state index in [-0.39, 0.29) is 0 Å². The van der Waals surface area contributed by atoms with Crippen molar-refractivity contribution in [2.45, 2.75) is 39.2 Å². The minimum absolute atomic E-state index is 0.312. The molecule has 0 bridgehead atoms. The van der Waals surface area contributed by atoms with Crippen LogP contribution in [0.25, 0.3) is 0 Å². The van der Waals surface area contributed by atoms with Crippen LogP contribution in [0.5, 0.6) is 0 Å². The summed E-state index contributed by atoms with van der Waals surface area (Å²) < 4.78 is 0. The molecule has 1 aromatic heterocycles. The number of anilines is 2. The van der Waals surface area contributed by atoms with E-state index >= 15 is 0 Å². The average Bonchev–Trinajstić information content (AvgIpc) is 2.44. The Kier molecular flexibility index (Phi) is 3.30. The molecule has 1 aliphatic rings. The van der Waals surface area contributed by atoms with Crippen LogP contribution in [0.2, 0.25) is 0 Å². The highest BCUT2D eigenvalue weighted by atomic mass is 15.1. The summed E-state index contributed by atoms with van der Waals surface area (Å²) >= 11 is 0. The van der Waals surface area contributed by atoms with E-state index in [0.29, 0.717) is 17.7 Å². The summed E-state index contributed by atoms with van der Waals surface area (Å²) in [7, 11) is 0. The van der Waals surface area contributed by atoms with E-state index in [1.165, 1.54) is 17.5 Å². The summed E-state index contributed by atoms with van der Waals surface area (Å²) in [5.74, 6) is 2.13. The molecule has 104 valence electrons. The van der Waals surface area contributed by atoms with Crippen LogP contribution < -0.4 is 11.1 Å². The van der Waals surface area contributed by atoms with Gasteiger partial charge in [0.25, 0.3) is 0 Å². The summed E-state index contributed by atoms with van der Waals surface area (Å²) in [6.45, 7) is 3.83. The van der Waals surface area contributed by atoms with E-state index in [1.54, 1.807) is 0 Å². The molecule has 1 atom stereocenters. The Labute approximate surface area is 119 Å². The maximum Gasteiger partial charge on any atom is 0.135 e. The van der Waals surface area contributed by atoms with Gasteiger partial charge in [0, 0.05) is 5.56 Å². The molecule has 4 nitrogen and oxygen atoms in total. The summed E-state index contributed by atoms with van der Waals surface area (Å²) in [6.07, 6.45) is 3.49. The van der Waals surface area contributed by atoms with Crippen LogP contribution in [-0.4, -0.2) is 9.97 Å². The minimum atomic E-state index is 0.312. The number of hydrogen-bond donors (Lipinski definition) is 2. The number of rotatable bonds is 2. The zero-order valence-electron chi connectivity index (χ0n) is 12.0.